The van der Waals surface area contributed by atoms with Gasteiger partial charge in [-0.25, -0.2) is 0 Å². The van der Waals surface area contributed by atoms with Crippen molar-refractivity contribution < 1.29 is 4.92 Å². The van der Waals surface area contributed by atoms with Crippen LogP contribution in [-0.4, -0.2) is 9.91 Å². The number of nitro benzene ring substituents is 1. The highest BCUT2D eigenvalue weighted by Crippen LogP contribution is 2.33. The van der Waals surface area contributed by atoms with Gasteiger partial charge in [0.15, 0.2) is 0 Å². The topological polar surface area (TPSA) is 56.0 Å². The maximum absolute atomic E-state index is 10.9. The summed E-state index contributed by atoms with van der Waals surface area (Å²) in [7, 11) is 0. The van der Waals surface area contributed by atoms with Gasteiger partial charge in [0.2, 0.25) is 0 Å². The number of pyridine rings is 1. The zero-order valence-electron chi connectivity index (χ0n) is 7.98. The Balaban J connectivity index is 2.91. The van der Waals surface area contributed by atoms with E-state index in [2.05, 4.69) is 36.8 Å². The number of hydrogen-bond acceptors (Lipinski definition) is 3. The molecule has 0 unspecified atom stereocenters. The molecule has 1 aromatic carbocycles. The first-order valence-electron chi connectivity index (χ1n) is 4.41. The first-order valence-corrected chi connectivity index (χ1v) is 6.33. The summed E-state index contributed by atoms with van der Waals surface area (Å²) in [6.07, 6.45) is 1.63. The summed E-state index contributed by atoms with van der Waals surface area (Å²) < 4.78 is 0.697. The van der Waals surface area contributed by atoms with Gasteiger partial charge in [-0.1, -0.05) is 31.9 Å². The predicted molar refractivity (Wildman–Crippen MR) is 68.7 cm³/mol. The minimum Gasteiger partial charge on any atom is -0.258 e. The summed E-state index contributed by atoms with van der Waals surface area (Å²) in [6, 6.07) is 4.92. The molecule has 6 heteroatoms. The average molecular weight is 346 g/mol. The Morgan fingerprint density at radius 3 is 2.88 bits per heavy atom. The summed E-state index contributed by atoms with van der Waals surface area (Å²) in [5.74, 6) is 0. The van der Waals surface area contributed by atoms with Gasteiger partial charge in [0, 0.05) is 27.6 Å². The third kappa shape index (κ3) is 1.82. The second-order valence-electron chi connectivity index (χ2n) is 3.15. The zero-order chi connectivity index (χ0) is 11.7. The van der Waals surface area contributed by atoms with Gasteiger partial charge in [-0.2, -0.15) is 0 Å². The number of benzene rings is 1. The molecule has 0 bridgehead atoms. The van der Waals surface area contributed by atoms with Crippen LogP contribution in [0.15, 0.2) is 28.9 Å². The van der Waals surface area contributed by atoms with Crippen LogP contribution in [0.25, 0.3) is 10.9 Å². The summed E-state index contributed by atoms with van der Waals surface area (Å²) in [5.41, 5.74) is 1.64. The lowest BCUT2D eigenvalue weighted by Gasteiger charge is -2.05. The highest BCUT2D eigenvalue weighted by atomic mass is 79.9. The van der Waals surface area contributed by atoms with Gasteiger partial charge in [-0.15, -0.1) is 0 Å². The molecule has 0 saturated heterocycles. The van der Waals surface area contributed by atoms with E-state index in [0.29, 0.717) is 20.7 Å². The molecule has 0 N–H and O–H groups in total. The largest absolute Gasteiger partial charge is 0.279 e. The normalized spacial score (nSPS) is 10.6. The number of nitrogens with zero attached hydrogens (tertiary/aromatic N) is 2. The van der Waals surface area contributed by atoms with Crippen molar-refractivity contribution >= 4 is 48.5 Å². The average Bonchev–Trinajstić information content (AvgIpc) is 2.28. The number of non-ortho nitro benzene ring substituents is 1. The summed E-state index contributed by atoms with van der Waals surface area (Å²) in [4.78, 5) is 14.7. The fraction of sp³-hybridized carbons (Fsp3) is 0.100. The van der Waals surface area contributed by atoms with Gasteiger partial charge >= 0.3 is 0 Å². The molecule has 0 atom stereocenters. The van der Waals surface area contributed by atoms with Crippen LogP contribution in [0.3, 0.4) is 0 Å². The molecule has 0 radical (unpaired) electrons. The lowest BCUT2D eigenvalue weighted by molar-refractivity contribution is -0.383. The first-order chi connectivity index (χ1) is 7.65. The van der Waals surface area contributed by atoms with Gasteiger partial charge in [0.05, 0.1) is 15.8 Å². The van der Waals surface area contributed by atoms with Crippen LogP contribution in [0.4, 0.5) is 5.69 Å². The number of alkyl halides is 1. The monoisotopic (exact) mass is 344 g/mol. The van der Waals surface area contributed by atoms with E-state index >= 15 is 0 Å². The Kier molecular flexibility index (Phi) is 3.20. The predicted octanol–water partition coefficient (Wildman–Crippen LogP) is 3.80. The molecule has 4 nitrogen and oxygen atoms in total. The van der Waals surface area contributed by atoms with Crippen LogP contribution >= 0.6 is 31.9 Å². The van der Waals surface area contributed by atoms with E-state index in [0.717, 1.165) is 5.56 Å². The zero-order valence-corrected chi connectivity index (χ0v) is 11.2. The van der Waals surface area contributed by atoms with E-state index in [1.54, 1.807) is 18.3 Å². The second kappa shape index (κ2) is 4.47. The highest BCUT2D eigenvalue weighted by molar-refractivity contribution is 9.10. The van der Waals surface area contributed by atoms with Crippen molar-refractivity contribution in [3.63, 3.8) is 0 Å². The van der Waals surface area contributed by atoms with Crippen molar-refractivity contribution in [1.29, 1.82) is 0 Å². The van der Waals surface area contributed by atoms with Crippen molar-refractivity contribution in [2.24, 2.45) is 0 Å². The van der Waals surface area contributed by atoms with E-state index in [1.165, 1.54) is 6.07 Å². The molecule has 0 fully saturated rings. The van der Waals surface area contributed by atoms with Crippen LogP contribution < -0.4 is 0 Å². The maximum atomic E-state index is 10.9. The van der Waals surface area contributed by atoms with Crippen LogP contribution in [-0.2, 0) is 5.33 Å². The van der Waals surface area contributed by atoms with E-state index in [4.69, 9.17) is 0 Å². The summed E-state index contributed by atoms with van der Waals surface area (Å²) in [5, 5.41) is 12.1. The van der Waals surface area contributed by atoms with Gasteiger partial charge in [-0.05, 0) is 12.1 Å². The molecule has 1 heterocycles. The molecule has 2 aromatic rings. The molecule has 0 aliphatic rings. The second-order valence-corrected chi connectivity index (χ2v) is 4.56. The Hall–Kier alpha value is -1.01. The molecule has 0 saturated carbocycles. The van der Waals surface area contributed by atoms with Gasteiger partial charge < -0.3 is 0 Å². The number of halogens is 2. The number of nitro groups is 1. The number of fused-ring (bicyclic) bond motifs is 1. The molecule has 82 valence electrons. The molecule has 2 rings (SSSR count). The fourth-order valence-corrected chi connectivity index (χ4v) is 3.02. The van der Waals surface area contributed by atoms with Crippen LogP contribution in [0, 0.1) is 10.1 Å². The van der Waals surface area contributed by atoms with Crippen LogP contribution in [0.1, 0.15) is 5.56 Å². The Morgan fingerprint density at radius 2 is 2.25 bits per heavy atom. The van der Waals surface area contributed by atoms with Gasteiger partial charge in [0.25, 0.3) is 5.69 Å². The van der Waals surface area contributed by atoms with Gasteiger partial charge in [0.1, 0.15) is 0 Å². The fourth-order valence-electron chi connectivity index (χ4n) is 1.53. The SMILES string of the molecule is O=[N+]([O-])c1cc(Br)c(CBr)c2ncccc12. The number of aromatic nitrogens is 1. The third-order valence-electron chi connectivity index (χ3n) is 2.25. The molecule has 16 heavy (non-hydrogen) atoms. The number of rotatable bonds is 2. The number of hydrogen-bond donors (Lipinski definition) is 0. The molecular formula is C10H6Br2N2O2. The highest BCUT2D eigenvalue weighted by Gasteiger charge is 2.17. The standard InChI is InChI=1S/C10H6Br2N2O2/c11-5-7-8(12)4-9(14(15)16)6-2-1-3-13-10(6)7/h1-4H,5H2. The maximum Gasteiger partial charge on any atom is 0.279 e. The molecule has 1 aromatic heterocycles. The van der Waals surface area contributed by atoms with Crippen molar-refractivity contribution in [2.45, 2.75) is 5.33 Å². The molecule has 0 aliphatic heterocycles. The Labute approximate surface area is 108 Å². The molecule has 0 amide bonds. The quantitative estimate of drug-likeness (QED) is 0.472. The van der Waals surface area contributed by atoms with E-state index in [1.807, 2.05) is 0 Å². The Bertz CT molecular complexity index is 572. The van der Waals surface area contributed by atoms with Crippen LogP contribution in [0.5, 0.6) is 0 Å². The summed E-state index contributed by atoms with van der Waals surface area (Å²) in [6.45, 7) is 0. The lowest BCUT2D eigenvalue weighted by Crippen LogP contribution is -1.94. The van der Waals surface area contributed by atoms with E-state index < -0.39 is 4.92 Å². The van der Waals surface area contributed by atoms with E-state index in [-0.39, 0.29) is 5.69 Å². The summed E-state index contributed by atoms with van der Waals surface area (Å²) >= 11 is 6.67. The van der Waals surface area contributed by atoms with Gasteiger partial charge in [-0.3, -0.25) is 15.1 Å². The molecule has 0 aliphatic carbocycles. The van der Waals surface area contributed by atoms with Crippen molar-refractivity contribution in [3.8, 4) is 0 Å². The molecular weight excluding hydrogens is 340 g/mol. The van der Waals surface area contributed by atoms with Crippen LogP contribution in [0.2, 0.25) is 0 Å². The minimum atomic E-state index is -0.396. The van der Waals surface area contributed by atoms with Crippen molar-refractivity contribution in [1.82, 2.24) is 4.98 Å². The van der Waals surface area contributed by atoms with E-state index in [9.17, 15) is 10.1 Å². The Morgan fingerprint density at radius 1 is 1.50 bits per heavy atom. The smallest absolute Gasteiger partial charge is 0.258 e. The third-order valence-corrected chi connectivity index (χ3v) is 3.52. The minimum absolute atomic E-state index is 0.0691. The molecule has 0 spiro atoms. The van der Waals surface area contributed by atoms with Crippen molar-refractivity contribution in [3.05, 3.63) is 44.5 Å². The first kappa shape index (κ1) is 11.5. The van der Waals surface area contributed by atoms with Crippen molar-refractivity contribution in [2.75, 3.05) is 0 Å². The lowest BCUT2D eigenvalue weighted by atomic mass is 10.1.